The quantitative estimate of drug-likeness (QED) is 0.524. The third-order valence-corrected chi connectivity index (χ3v) is 6.48. The number of anilines is 1. The van der Waals surface area contributed by atoms with Gasteiger partial charge in [0.1, 0.15) is 5.78 Å². The van der Waals surface area contributed by atoms with Gasteiger partial charge in [0.15, 0.2) is 0 Å². The fourth-order valence-electron chi connectivity index (χ4n) is 4.81. The van der Waals surface area contributed by atoms with Gasteiger partial charge in [0.05, 0.1) is 6.54 Å². The number of benzene rings is 3. The Morgan fingerprint density at radius 3 is 1.88 bits per heavy atom. The van der Waals surface area contributed by atoms with Crippen LogP contribution in [0.2, 0.25) is 0 Å². The van der Waals surface area contributed by atoms with E-state index in [2.05, 4.69) is 87.9 Å². The van der Waals surface area contributed by atoms with Crippen LogP contribution < -0.4 is 5.32 Å². The van der Waals surface area contributed by atoms with Gasteiger partial charge < -0.3 is 5.32 Å². The van der Waals surface area contributed by atoms with Gasteiger partial charge in [-0.2, -0.15) is 0 Å². The first kappa shape index (κ1) is 24.2. The Bertz CT molecular complexity index is 930. The molecule has 1 atom stereocenters. The first-order valence-electron chi connectivity index (χ1n) is 12.6. The van der Waals surface area contributed by atoms with E-state index < -0.39 is 0 Å². The smallest absolute Gasteiger partial charge is 0.146 e. The maximum absolute atomic E-state index is 11.2. The van der Waals surface area contributed by atoms with E-state index in [1.165, 1.54) is 36.2 Å². The number of para-hydroxylation sites is 1. The molecule has 0 spiro atoms. The largest absolute Gasteiger partial charge is 0.381 e. The number of rotatable bonds is 6. The molecule has 0 amide bonds. The summed E-state index contributed by atoms with van der Waals surface area (Å²) in [5.74, 6) is 0.382. The molecule has 2 saturated heterocycles. The van der Waals surface area contributed by atoms with Gasteiger partial charge in [-0.1, -0.05) is 78.9 Å². The summed E-state index contributed by atoms with van der Waals surface area (Å²) in [5, 5.41) is 3.65. The topological polar surface area (TPSA) is 35.6 Å². The highest BCUT2D eigenvalue weighted by Crippen LogP contribution is 2.17. The van der Waals surface area contributed by atoms with Crippen LogP contribution in [-0.2, 0) is 17.9 Å². The molecule has 3 aromatic carbocycles. The van der Waals surface area contributed by atoms with Crippen LogP contribution in [0, 0.1) is 0 Å². The predicted molar refractivity (Wildman–Crippen MR) is 141 cm³/mol. The lowest BCUT2D eigenvalue weighted by atomic mass is 10.0. The standard InChI is InChI=1S/C18H22N2.C12H15NO/c1-3-8-16(9-4-1)14-20-13-7-12-18(15-20)19-17-10-5-2-6-11-17;14-12-7-4-8-13(10-12)9-11-5-2-1-3-6-11/h1-6,8-11,18-19H,7,12-15H2;1-3,5-6H,4,7-10H2. The van der Waals surface area contributed by atoms with Gasteiger partial charge >= 0.3 is 0 Å². The van der Waals surface area contributed by atoms with Crippen molar-refractivity contribution in [3.05, 3.63) is 102 Å². The molecule has 2 aliphatic rings. The Labute approximate surface area is 204 Å². The molecule has 1 N–H and O–H groups in total. The lowest BCUT2D eigenvalue weighted by Gasteiger charge is -2.33. The van der Waals surface area contributed by atoms with E-state index in [0.717, 1.165) is 39.0 Å². The normalized spacial score (nSPS) is 19.2. The van der Waals surface area contributed by atoms with Gasteiger partial charge in [-0.15, -0.1) is 0 Å². The zero-order valence-corrected chi connectivity index (χ0v) is 20.1. The number of ketones is 1. The van der Waals surface area contributed by atoms with Crippen molar-refractivity contribution < 1.29 is 4.79 Å². The monoisotopic (exact) mass is 455 g/mol. The molecule has 2 fully saturated rings. The van der Waals surface area contributed by atoms with Crippen LogP contribution in [0.1, 0.15) is 36.8 Å². The zero-order valence-electron chi connectivity index (χ0n) is 20.1. The number of carbonyl (C=O) groups excluding carboxylic acids is 1. The fraction of sp³-hybridized carbons (Fsp3) is 0.367. The maximum Gasteiger partial charge on any atom is 0.146 e. The SMILES string of the molecule is O=C1CCCN(Cc2ccccc2)C1.c1ccc(CN2CCCC(Nc3ccccc3)C2)cc1. The van der Waals surface area contributed by atoms with Crippen molar-refractivity contribution in [2.45, 2.75) is 44.8 Å². The van der Waals surface area contributed by atoms with Gasteiger partial charge in [0, 0.05) is 37.8 Å². The van der Waals surface area contributed by atoms with E-state index in [4.69, 9.17) is 0 Å². The van der Waals surface area contributed by atoms with Crippen molar-refractivity contribution >= 4 is 11.5 Å². The summed E-state index contributed by atoms with van der Waals surface area (Å²) in [6.45, 7) is 6.00. The minimum atomic E-state index is 0.382. The molecule has 2 heterocycles. The van der Waals surface area contributed by atoms with Gasteiger partial charge in [-0.3, -0.25) is 14.6 Å². The molecule has 0 bridgehead atoms. The molecule has 2 aliphatic heterocycles. The molecule has 4 nitrogen and oxygen atoms in total. The Balaban J connectivity index is 0.000000172. The van der Waals surface area contributed by atoms with Crippen LogP contribution in [0.25, 0.3) is 0 Å². The highest BCUT2D eigenvalue weighted by atomic mass is 16.1. The molecule has 4 heteroatoms. The first-order chi connectivity index (χ1) is 16.7. The first-order valence-corrected chi connectivity index (χ1v) is 12.6. The lowest BCUT2D eigenvalue weighted by Crippen LogP contribution is -2.41. The number of Topliss-reactive ketones (excluding diaryl/α,β-unsaturated/α-hetero) is 1. The van der Waals surface area contributed by atoms with E-state index in [9.17, 15) is 4.79 Å². The summed E-state index contributed by atoms with van der Waals surface area (Å²) in [6, 6.07) is 32.2. The van der Waals surface area contributed by atoms with Crippen LogP contribution in [0.4, 0.5) is 5.69 Å². The Hall–Kier alpha value is -2.95. The number of carbonyl (C=O) groups is 1. The van der Waals surface area contributed by atoms with Crippen molar-refractivity contribution in [2.24, 2.45) is 0 Å². The van der Waals surface area contributed by atoms with E-state index >= 15 is 0 Å². The molecule has 178 valence electrons. The van der Waals surface area contributed by atoms with Crippen molar-refractivity contribution in [1.82, 2.24) is 9.80 Å². The molecule has 1 unspecified atom stereocenters. The third kappa shape index (κ3) is 8.12. The Kier molecular flexibility index (Phi) is 9.30. The average Bonchev–Trinajstić information content (AvgIpc) is 2.87. The molecule has 0 saturated carbocycles. The van der Waals surface area contributed by atoms with E-state index in [0.29, 0.717) is 18.4 Å². The van der Waals surface area contributed by atoms with Gasteiger partial charge in [0.25, 0.3) is 0 Å². The second kappa shape index (κ2) is 13.1. The number of likely N-dealkylation sites (tertiary alicyclic amines) is 2. The predicted octanol–water partition coefficient (Wildman–Crippen LogP) is 5.61. The van der Waals surface area contributed by atoms with E-state index in [-0.39, 0.29) is 0 Å². The van der Waals surface area contributed by atoms with Crippen molar-refractivity contribution in [3.63, 3.8) is 0 Å². The van der Waals surface area contributed by atoms with E-state index in [1.807, 2.05) is 18.2 Å². The molecule has 0 radical (unpaired) electrons. The molecular weight excluding hydrogens is 418 g/mol. The molecule has 5 rings (SSSR count). The second-order valence-corrected chi connectivity index (χ2v) is 9.41. The summed E-state index contributed by atoms with van der Waals surface area (Å²) < 4.78 is 0. The maximum atomic E-state index is 11.2. The summed E-state index contributed by atoms with van der Waals surface area (Å²) in [7, 11) is 0. The zero-order chi connectivity index (χ0) is 23.4. The minimum Gasteiger partial charge on any atom is -0.381 e. The Morgan fingerprint density at radius 2 is 1.26 bits per heavy atom. The summed E-state index contributed by atoms with van der Waals surface area (Å²) in [6.07, 6.45) is 4.33. The van der Waals surface area contributed by atoms with Crippen molar-refractivity contribution in [3.8, 4) is 0 Å². The van der Waals surface area contributed by atoms with Crippen LogP contribution in [0.5, 0.6) is 0 Å². The third-order valence-electron chi connectivity index (χ3n) is 6.48. The number of hydrogen-bond donors (Lipinski definition) is 1. The fourth-order valence-corrected chi connectivity index (χ4v) is 4.81. The van der Waals surface area contributed by atoms with Crippen LogP contribution in [0.3, 0.4) is 0 Å². The van der Waals surface area contributed by atoms with E-state index in [1.54, 1.807) is 0 Å². The molecular formula is C30H37N3O. The van der Waals surface area contributed by atoms with Gasteiger partial charge in [-0.05, 0) is 55.6 Å². The minimum absolute atomic E-state index is 0.382. The Morgan fingerprint density at radius 1 is 0.706 bits per heavy atom. The van der Waals surface area contributed by atoms with Crippen molar-refractivity contribution in [2.75, 3.05) is 31.5 Å². The van der Waals surface area contributed by atoms with Crippen LogP contribution in [-0.4, -0.2) is 47.8 Å². The average molecular weight is 456 g/mol. The van der Waals surface area contributed by atoms with Crippen molar-refractivity contribution in [1.29, 1.82) is 0 Å². The second-order valence-electron chi connectivity index (χ2n) is 9.41. The summed E-state index contributed by atoms with van der Waals surface area (Å²) in [4.78, 5) is 16.0. The molecule has 34 heavy (non-hydrogen) atoms. The van der Waals surface area contributed by atoms with Gasteiger partial charge in [-0.25, -0.2) is 0 Å². The van der Waals surface area contributed by atoms with Crippen LogP contribution in [0.15, 0.2) is 91.0 Å². The number of hydrogen-bond acceptors (Lipinski definition) is 4. The number of nitrogens with one attached hydrogen (secondary N) is 1. The lowest BCUT2D eigenvalue weighted by molar-refractivity contribution is -0.122. The highest BCUT2D eigenvalue weighted by Gasteiger charge is 2.19. The molecule has 0 aliphatic carbocycles. The highest BCUT2D eigenvalue weighted by molar-refractivity contribution is 5.81. The van der Waals surface area contributed by atoms with Crippen LogP contribution >= 0.6 is 0 Å². The summed E-state index contributed by atoms with van der Waals surface area (Å²) in [5.41, 5.74) is 3.94. The number of piperidine rings is 2. The molecule has 0 aromatic heterocycles. The molecule has 3 aromatic rings. The summed E-state index contributed by atoms with van der Waals surface area (Å²) >= 11 is 0. The number of nitrogens with zero attached hydrogens (tertiary/aromatic N) is 2. The van der Waals surface area contributed by atoms with Gasteiger partial charge in [0.2, 0.25) is 0 Å².